The summed E-state index contributed by atoms with van der Waals surface area (Å²) in [6.45, 7) is 7.38. The van der Waals surface area contributed by atoms with E-state index in [1.165, 1.54) is 38.1 Å². The fraction of sp³-hybridized carbons (Fsp3) is 1.00. The fourth-order valence-corrected chi connectivity index (χ4v) is 4.20. The molecule has 3 nitrogen and oxygen atoms in total. The van der Waals surface area contributed by atoms with Crippen LogP contribution in [0.2, 0.25) is 0 Å². The van der Waals surface area contributed by atoms with E-state index in [0.717, 1.165) is 25.0 Å². The molecule has 4 heteroatoms. The predicted octanol–water partition coefficient (Wildman–Crippen LogP) is 1.57. The Bertz CT molecular complexity index is 221. The first-order chi connectivity index (χ1) is 8.35. The molecule has 17 heavy (non-hydrogen) atoms. The van der Waals surface area contributed by atoms with Crippen molar-refractivity contribution in [3.05, 3.63) is 0 Å². The Balaban J connectivity index is 1.91. The molecule has 0 aromatic rings. The summed E-state index contributed by atoms with van der Waals surface area (Å²) < 4.78 is 5.62. The van der Waals surface area contributed by atoms with Gasteiger partial charge in [0, 0.05) is 43.3 Å². The number of hydrogen-bond acceptors (Lipinski definition) is 4. The van der Waals surface area contributed by atoms with Gasteiger partial charge in [-0.25, -0.2) is 0 Å². The highest BCUT2D eigenvalue weighted by Gasteiger charge is 2.31. The molecule has 0 radical (unpaired) electrons. The van der Waals surface area contributed by atoms with Crippen molar-refractivity contribution in [2.75, 3.05) is 38.6 Å². The smallest absolute Gasteiger partial charge is 0.0509 e. The Morgan fingerprint density at radius 1 is 1.53 bits per heavy atom. The highest BCUT2D eigenvalue weighted by molar-refractivity contribution is 8.00. The average molecular weight is 258 g/mol. The third-order valence-corrected chi connectivity index (χ3v) is 5.45. The molecule has 100 valence electrons. The van der Waals surface area contributed by atoms with E-state index in [0.29, 0.717) is 12.0 Å². The Morgan fingerprint density at radius 2 is 2.41 bits per heavy atom. The van der Waals surface area contributed by atoms with Crippen molar-refractivity contribution < 1.29 is 4.74 Å². The van der Waals surface area contributed by atoms with Crippen LogP contribution in [-0.2, 0) is 4.74 Å². The van der Waals surface area contributed by atoms with E-state index >= 15 is 0 Å². The van der Waals surface area contributed by atoms with Crippen LogP contribution >= 0.6 is 11.8 Å². The van der Waals surface area contributed by atoms with Crippen molar-refractivity contribution in [3.63, 3.8) is 0 Å². The first-order valence-corrected chi connectivity index (χ1v) is 8.03. The minimum Gasteiger partial charge on any atom is -0.381 e. The molecule has 2 aliphatic heterocycles. The number of thioether (sulfide) groups is 1. The van der Waals surface area contributed by atoms with Crippen LogP contribution in [0.3, 0.4) is 0 Å². The third kappa shape index (κ3) is 3.60. The molecule has 0 bridgehead atoms. The second-order valence-corrected chi connectivity index (χ2v) is 6.58. The van der Waals surface area contributed by atoms with E-state index in [4.69, 9.17) is 10.5 Å². The van der Waals surface area contributed by atoms with Crippen LogP contribution in [0.25, 0.3) is 0 Å². The molecule has 0 amide bonds. The summed E-state index contributed by atoms with van der Waals surface area (Å²) in [5.41, 5.74) is 6.02. The minimum absolute atomic E-state index is 0.547. The van der Waals surface area contributed by atoms with E-state index < -0.39 is 0 Å². The van der Waals surface area contributed by atoms with Crippen LogP contribution < -0.4 is 5.73 Å². The molecule has 2 rings (SSSR count). The summed E-state index contributed by atoms with van der Waals surface area (Å²) in [7, 11) is 0. The second kappa shape index (κ2) is 6.98. The van der Waals surface area contributed by atoms with Crippen LogP contribution in [0.15, 0.2) is 0 Å². The first kappa shape index (κ1) is 13.7. The van der Waals surface area contributed by atoms with Crippen molar-refractivity contribution in [2.24, 2.45) is 11.7 Å². The Hall–Kier alpha value is 0.230. The quantitative estimate of drug-likeness (QED) is 0.831. The van der Waals surface area contributed by atoms with Crippen molar-refractivity contribution in [1.82, 2.24) is 4.90 Å². The van der Waals surface area contributed by atoms with E-state index in [-0.39, 0.29) is 0 Å². The van der Waals surface area contributed by atoms with Gasteiger partial charge in [0.05, 0.1) is 6.61 Å². The molecular weight excluding hydrogens is 232 g/mol. The van der Waals surface area contributed by atoms with Crippen LogP contribution in [-0.4, -0.2) is 54.8 Å². The Morgan fingerprint density at radius 3 is 3.06 bits per heavy atom. The molecule has 2 saturated heterocycles. The Kier molecular flexibility index (Phi) is 5.60. The Labute approximate surface area is 109 Å². The molecule has 2 N–H and O–H groups in total. The van der Waals surface area contributed by atoms with Gasteiger partial charge in [-0.3, -0.25) is 4.90 Å². The normalized spacial score (nSPS) is 33.5. The zero-order chi connectivity index (χ0) is 12.1. The molecule has 2 heterocycles. The van der Waals surface area contributed by atoms with Gasteiger partial charge in [0.25, 0.3) is 0 Å². The van der Waals surface area contributed by atoms with E-state index in [1.54, 1.807) is 0 Å². The molecule has 0 aliphatic carbocycles. The summed E-state index contributed by atoms with van der Waals surface area (Å²) in [6, 6.07) is 0.547. The summed E-state index contributed by atoms with van der Waals surface area (Å²) >= 11 is 2.13. The average Bonchev–Trinajstić information content (AvgIpc) is 2.41. The minimum atomic E-state index is 0.547. The van der Waals surface area contributed by atoms with Crippen LogP contribution in [0.4, 0.5) is 0 Å². The van der Waals surface area contributed by atoms with Crippen LogP contribution in [0.1, 0.15) is 26.2 Å². The zero-order valence-corrected chi connectivity index (χ0v) is 11.8. The summed E-state index contributed by atoms with van der Waals surface area (Å²) in [6.07, 6.45) is 3.78. The van der Waals surface area contributed by atoms with Gasteiger partial charge in [-0.2, -0.15) is 11.8 Å². The van der Waals surface area contributed by atoms with E-state index in [9.17, 15) is 0 Å². The number of nitrogens with zero attached hydrogens (tertiary/aromatic N) is 1. The van der Waals surface area contributed by atoms with E-state index in [1.807, 2.05) is 0 Å². The third-order valence-electron chi connectivity index (χ3n) is 4.08. The van der Waals surface area contributed by atoms with Gasteiger partial charge in [-0.05, 0) is 25.2 Å². The molecule has 0 aromatic carbocycles. The molecule has 2 aliphatic rings. The lowest BCUT2D eigenvalue weighted by molar-refractivity contribution is 0.0119. The highest BCUT2D eigenvalue weighted by Crippen LogP contribution is 2.27. The van der Waals surface area contributed by atoms with Crippen molar-refractivity contribution in [2.45, 2.75) is 37.5 Å². The fourth-order valence-electron chi connectivity index (χ4n) is 3.00. The maximum absolute atomic E-state index is 6.02. The molecule has 2 fully saturated rings. The van der Waals surface area contributed by atoms with Crippen molar-refractivity contribution in [3.8, 4) is 0 Å². The number of rotatable bonds is 4. The van der Waals surface area contributed by atoms with E-state index in [2.05, 4.69) is 23.6 Å². The topological polar surface area (TPSA) is 38.5 Å². The molecular formula is C13H26N2OS. The lowest BCUT2D eigenvalue weighted by Crippen LogP contribution is -2.52. The SMILES string of the molecule is CCC1CN(C(CN)C2CCCOC2)CCS1. The van der Waals surface area contributed by atoms with Gasteiger partial charge in [-0.15, -0.1) is 0 Å². The predicted molar refractivity (Wildman–Crippen MR) is 74.5 cm³/mol. The molecule has 0 spiro atoms. The molecule has 0 aromatic heterocycles. The monoisotopic (exact) mass is 258 g/mol. The standard InChI is InChI=1S/C13H26N2OS/c1-2-12-9-15(5-7-17-12)13(8-14)11-4-3-6-16-10-11/h11-13H,2-10,14H2,1H3. The molecule has 0 saturated carbocycles. The van der Waals surface area contributed by atoms with Gasteiger partial charge in [0.2, 0.25) is 0 Å². The van der Waals surface area contributed by atoms with Gasteiger partial charge in [0.15, 0.2) is 0 Å². The van der Waals surface area contributed by atoms with Gasteiger partial charge < -0.3 is 10.5 Å². The van der Waals surface area contributed by atoms with Gasteiger partial charge in [0.1, 0.15) is 0 Å². The van der Waals surface area contributed by atoms with Crippen molar-refractivity contribution >= 4 is 11.8 Å². The summed E-state index contributed by atoms with van der Waals surface area (Å²) in [5, 5.41) is 0.808. The largest absolute Gasteiger partial charge is 0.381 e. The second-order valence-electron chi connectivity index (χ2n) is 5.18. The number of nitrogens with two attached hydrogens (primary N) is 1. The number of ether oxygens (including phenoxy) is 1. The van der Waals surface area contributed by atoms with Gasteiger partial charge in [-0.1, -0.05) is 6.92 Å². The van der Waals surface area contributed by atoms with Crippen molar-refractivity contribution in [1.29, 1.82) is 0 Å². The number of hydrogen-bond donors (Lipinski definition) is 1. The zero-order valence-electron chi connectivity index (χ0n) is 10.9. The molecule has 3 atom stereocenters. The first-order valence-electron chi connectivity index (χ1n) is 6.98. The van der Waals surface area contributed by atoms with Crippen LogP contribution in [0, 0.1) is 5.92 Å². The lowest BCUT2D eigenvalue weighted by Gasteiger charge is -2.42. The highest BCUT2D eigenvalue weighted by atomic mass is 32.2. The lowest BCUT2D eigenvalue weighted by atomic mass is 9.92. The summed E-state index contributed by atoms with van der Waals surface area (Å²) in [4.78, 5) is 2.63. The maximum Gasteiger partial charge on any atom is 0.0509 e. The summed E-state index contributed by atoms with van der Waals surface area (Å²) in [5.74, 6) is 1.93. The molecule has 3 unspecified atom stereocenters. The van der Waals surface area contributed by atoms with Gasteiger partial charge >= 0.3 is 0 Å². The maximum atomic E-state index is 6.02. The van der Waals surface area contributed by atoms with Crippen LogP contribution in [0.5, 0.6) is 0 Å².